The molecule has 1 aromatic heterocycles. The molecule has 1 heterocycles. The maximum absolute atomic E-state index is 4.79. The molecule has 0 aliphatic carbocycles. The Labute approximate surface area is 89.4 Å². The van der Waals surface area contributed by atoms with Gasteiger partial charge in [-0.1, -0.05) is 33.8 Å². The topological polar surface area (TPSA) is 38.9 Å². The summed E-state index contributed by atoms with van der Waals surface area (Å²) in [6.07, 6.45) is 0. The standard InChI is InChI=1S/C12H16N2O/c1-7(2)9-5-6-10-12(14-15-13-10)11(9)8(3)4/h5-8H,1-4H3. The van der Waals surface area contributed by atoms with E-state index in [0.717, 1.165) is 11.0 Å². The SMILES string of the molecule is CC(C)c1ccc2nonc2c1C(C)C. The number of fused-ring (bicyclic) bond motifs is 1. The molecule has 0 atom stereocenters. The smallest absolute Gasteiger partial charge is 0.138 e. The van der Waals surface area contributed by atoms with E-state index >= 15 is 0 Å². The van der Waals surface area contributed by atoms with E-state index < -0.39 is 0 Å². The molecule has 3 heteroatoms. The fourth-order valence-electron chi connectivity index (χ4n) is 2.00. The first-order chi connectivity index (χ1) is 7.11. The number of nitrogens with zero attached hydrogens (tertiary/aromatic N) is 2. The van der Waals surface area contributed by atoms with E-state index in [1.807, 2.05) is 6.07 Å². The van der Waals surface area contributed by atoms with E-state index in [1.54, 1.807) is 0 Å². The third-order valence-electron chi connectivity index (χ3n) is 2.70. The van der Waals surface area contributed by atoms with E-state index in [2.05, 4.69) is 44.1 Å². The predicted molar refractivity (Wildman–Crippen MR) is 60.0 cm³/mol. The molecule has 0 radical (unpaired) electrons. The lowest BCUT2D eigenvalue weighted by Gasteiger charge is -2.15. The van der Waals surface area contributed by atoms with Crippen molar-refractivity contribution in [1.29, 1.82) is 0 Å². The quantitative estimate of drug-likeness (QED) is 0.751. The molecule has 0 saturated carbocycles. The van der Waals surface area contributed by atoms with Gasteiger partial charge in [0.05, 0.1) is 0 Å². The highest BCUT2D eigenvalue weighted by molar-refractivity contribution is 5.79. The second kappa shape index (κ2) is 3.65. The second-order valence-electron chi connectivity index (χ2n) is 4.51. The maximum Gasteiger partial charge on any atom is 0.138 e. The van der Waals surface area contributed by atoms with Gasteiger partial charge in [-0.3, -0.25) is 0 Å². The highest BCUT2D eigenvalue weighted by Gasteiger charge is 2.16. The third-order valence-corrected chi connectivity index (χ3v) is 2.70. The van der Waals surface area contributed by atoms with Gasteiger partial charge in [0.25, 0.3) is 0 Å². The molecule has 0 bridgehead atoms. The van der Waals surface area contributed by atoms with Gasteiger partial charge < -0.3 is 0 Å². The van der Waals surface area contributed by atoms with E-state index in [9.17, 15) is 0 Å². The van der Waals surface area contributed by atoms with E-state index in [0.29, 0.717) is 11.8 Å². The Bertz CT molecular complexity index is 471. The van der Waals surface area contributed by atoms with Crippen molar-refractivity contribution < 1.29 is 4.63 Å². The Morgan fingerprint density at radius 2 is 1.73 bits per heavy atom. The molecule has 0 N–H and O–H groups in total. The molecule has 0 aliphatic rings. The first kappa shape index (κ1) is 10.1. The molecular formula is C12H16N2O. The van der Waals surface area contributed by atoms with E-state index in [-0.39, 0.29) is 0 Å². The van der Waals surface area contributed by atoms with Gasteiger partial charge in [-0.25, -0.2) is 4.63 Å². The molecular weight excluding hydrogens is 188 g/mol. The van der Waals surface area contributed by atoms with Crippen molar-refractivity contribution in [2.24, 2.45) is 0 Å². The molecule has 0 amide bonds. The molecule has 3 nitrogen and oxygen atoms in total. The first-order valence-electron chi connectivity index (χ1n) is 5.36. The second-order valence-corrected chi connectivity index (χ2v) is 4.51. The van der Waals surface area contributed by atoms with Gasteiger partial charge in [0, 0.05) is 0 Å². The average Bonchev–Trinajstić information content (AvgIpc) is 2.62. The van der Waals surface area contributed by atoms with Crippen molar-refractivity contribution in [3.8, 4) is 0 Å². The number of rotatable bonds is 2. The average molecular weight is 204 g/mol. The molecule has 0 saturated heterocycles. The van der Waals surface area contributed by atoms with Crippen LogP contribution < -0.4 is 0 Å². The minimum Gasteiger partial charge on any atom is -0.243 e. The van der Waals surface area contributed by atoms with Gasteiger partial charge in [0.2, 0.25) is 0 Å². The van der Waals surface area contributed by atoms with E-state index in [1.165, 1.54) is 11.1 Å². The van der Waals surface area contributed by atoms with Crippen LogP contribution in [0.25, 0.3) is 11.0 Å². The van der Waals surface area contributed by atoms with Crippen LogP contribution in [-0.4, -0.2) is 10.3 Å². The third kappa shape index (κ3) is 1.62. The highest BCUT2D eigenvalue weighted by Crippen LogP contribution is 2.31. The predicted octanol–water partition coefficient (Wildman–Crippen LogP) is 3.47. The molecule has 0 spiro atoms. The maximum atomic E-state index is 4.79. The summed E-state index contributed by atoms with van der Waals surface area (Å²) in [7, 11) is 0. The van der Waals surface area contributed by atoms with Gasteiger partial charge >= 0.3 is 0 Å². The lowest BCUT2D eigenvalue weighted by molar-refractivity contribution is 0.315. The normalized spacial score (nSPS) is 11.9. The van der Waals surface area contributed by atoms with Crippen LogP contribution in [-0.2, 0) is 0 Å². The zero-order valence-electron chi connectivity index (χ0n) is 9.61. The van der Waals surface area contributed by atoms with Crippen LogP contribution in [0.2, 0.25) is 0 Å². The first-order valence-corrected chi connectivity index (χ1v) is 5.36. The van der Waals surface area contributed by atoms with Crippen LogP contribution in [0.5, 0.6) is 0 Å². The van der Waals surface area contributed by atoms with Crippen molar-refractivity contribution in [2.75, 3.05) is 0 Å². The van der Waals surface area contributed by atoms with Crippen molar-refractivity contribution in [3.05, 3.63) is 23.3 Å². The fraction of sp³-hybridized carbons (Fsp3) is 0.500. The summed E-state index contributed by atoms with van der Waals surface area (Å²) in [5, 5.41) is 7.87. The Morgan fingerprint density at radius 3 is 2.33 bits per heavy atom. The summed E-state index contributed by atoms with van der Waals surface area (Å²) in [6, 6.07) is 4.11. The summed E-state index contributed by atoms with van der Waals surface area (Å²) < 4.78 is 4.79. The molecule has 15 heavy (non-hydrogen) atoms. The largest absolute Gasteiger partial charge is 0.243 e. The zero-order valence-corrected chi connectivity index (χ0v) is 9.61. The van der Waals surface area contributed by atoms with Crippen molar-refractivity contribution in [2.45, 2.75) is 39.5 Å². The van der Waals surface area contributed by atoms with Crippen LogP contribution in [0.1, 0.15) is 50.7 Å². The van der Waals surface area contributed by atoms with Crippen LogP contribution in [0.4, 0.5) is 0 Å². The molecule has 0 aliphatic heterocycles. The lowest BCUT2D eigenvalue weighted by Crippen LogP contribution is -1.99. The summed E-state index contributed by atoms with van der Waals surface area (Å²) in [6.45, 7) is 8.74. The van der Waals surface area contributed by atoms with Crippen LogP contribution in [0.3, 0.4) is 0 Å². The molecule has 80 valence electrons. The summed E-state index contributed by atoms with van der Waals surface area (Å²) in [4.78, 5) is 0. The van der Waals surface area contributed by atoms with Crippen LogP contribution in [0.15, 0.2) is 16.8 Å². The Morgan fingerprint density at radius 1 is 1.00 bits per heavy atom. The Hall–Kier alpha value is -1.38. The molecule has 1 aromatic carbocycles. The van der Waals surface area contributed by atoms with E-state index in [4.69, 9.17) is 4.63 Å². The number of benzene rings is 1. The van der Waals surface area contributed by atoms with Crippen molar-refractivity contribution in [3.63, 3.8) is 0 Å². The summed E-state index contributed by atoms with van der Waals surface area (Å²) >= 11 is 0. The lowest BCUT2D eigenvalue weighted by atomic mass is 9.89. The molecule has 2 aromatic rings. The van der Waals surface area contributed by atoms with Crippen molar-refractivity contribution >= 4 is 11.0 Å². The number of hydrogen-bond acceptors (Lipinski definition) is 3. The van der Waals surface area contributed by atoms with Gasteiger partial charge in [-0.2, -0.15) is 0 Å². The van der Waals surface area contributed by atoms with Gasteiger partial charge in [-0.05, 0) is 39.3 Å². The highest BCUT2D eigenvalue weighted by atomic mass is 16.6. The van der Waals surface area contributed by atoms with Gasteiger partial charge in [0.15, 0.2) is 0 Å². The van der Waals surface area contributed by atoms with Crippen molar-refractivity contribution in [1.82, 2.24) is 10.3 Å². The Kier molecular flexibility index (Phi) is 2.47. The minimum atomic E-state index is 0.443. The van der Waals surface area contributed by atoms with Gasteiger partial charge in [0.1, 0.15) is 11.0 Å². The summed E-state index contributed by atoms with van der Waals surface area (Å²) in [5.74, 6) is 0.946. The van der Waals surface area contributed by atoms with Crippen LogP contribution in [0, 0.1) is 0 Å². The number of hydrogen-bond donors (Lipinski definition) is 0. The molecule has 2 rings (SSSR count). The van der Waals surface area contributed by atoms with Crippen LogP contribution >= 0.6 is 0 Å². The monoisotopic (exact) mass is 204 g/mol. The zero-order chi connectivity index (χ0) is 11.0. The molecule has 0 unspecified atom stereocenters. The van der Waals surface area contributed by atoms with Gasteiger partial charge in [-0.15, -0.1) is 0 Å². The molecule has 0 fully saturated rings. The fourth-order valence-corrected chi connectivity index (χ4v) is 2.00. The number of aromatic nitrogens is 2. The summed E-state index contributed by atoms with van der Waals surface area (Å²) in [5.41, 5.74) is 4.37. The Balaban J connectivity index is 2.75. The minimum absolute atomic E-state index is 0.443.